The molecule has 0 radical (unpaired) electrons. The second-order valence-electron chi connectivity index (χ2n) is 6.85. The summed E-state index contributed by atoms with van der Waals surface area (Å²) in [6, 6.07) is 14.6. The number of rotatable bonds is 10. The number of hydrogen-bond donors (Lipinski definition) is 3. The number of carbonyl (C=O) groups is 2. The molecule has 6 nitrogen and oxygen atoms in total. The zero-order chi connectivity index (χ0) is 20.4. The summed E-state index contributed by atoms with van der Waals surface area (Å²) in [4.78, 5) is 23.8. The second kappa shape index (κ2) is 11.0. The van der Waals surface area contributed by atoms with Crippen LogP contribution >= 0.6 is 0 Å². The highest BCUT2D eigenvalue weighted by Crippen LogP contribution is 2.17. The minimum absolute atomic E-state index is 0.0391. The van der Waals surface area contributed by atoms with Gasteiger partial charge in [0, 0.05) is 23.0 Å². The first-order valence-electron chi connectivity index (χ1n) is 9.65. The van der Waals surface area contributed by atoms with Gasteiger partial charge in [-0.05, 0) is 55.0 Å². The van der Waals surface area contributed by atoms with Crippen LogP contribution in [0.1, 0.15) is 33.6 Å². The number of anilines is 3. The van der Waals surface area contributed by atoms with Gasteiger partial charge in [-0.2, -0.15) is 0 Å². The Balaban J connectivity index is 1.77. The van der Waals surface area contributed by atoms with Gasteiger partial charge in [0.05, 0.1) is 13.2 Å². The Morgan fingerprint density at radius 1 is 0.893 bits per heavy atom. The summed E-state index contributed by atoms with van der Waals surface area (Å²) < 4.78 is 5.62. The van der Waals surface area contributed by atoms with E-state index in [1.165, 1.54) is 0 Å². The molecule has 0 unspecified atom stereocenters. The topological polar surface area (TPSA) is 79.5 Å². The summed E-state index contributed by atoms with van der Waals surface area (Å²) in [6.45, 7) is 6.67. The molecular weight excluding hydrogens is 354 g/mol. The maximum Gasteiger partial charge on any atom is 0.243 e. The molecule has 6 heteroatoms. The van der Waals surface area contributed by atoms with E-state index in [2.05, 4.69) is 22.9 Å². The number of unbranched alkanes of at least 4 members (excludes halogenated alkanes) is 1. The van der Waals surface area contributed by atoms with Crippen LogP contribution in [0, 0.1) is 5.92 Å². The Morgan fingerprint density at radius 3 is 2.04 bits per heavy atom. The standard InChI is InChI=1S/C22H29N3O3/c1-4-5-14-28-20-12-10-17(11-13-20)23-15-21(26)24-18-6-8-19(9-7-18)25-22(27)16(2)3/h6-13,16,23H,4-5,14-15H2,1-3H3,(H,24,26)(H,25,27). The lowest BCUT2D eigenvalue weighted by molar-refractivity contribution is -0.119. The van der Waals surface area contributed by atoms with Gasteiger partial charge in [-0.25, -0.2) is 0 Å². The van der Waals surface area contributed by atoms with Crippen molar-refractivity contribution in [1.82, 2.24) is 0 Å². The fourth-order valence-electron chi connectivity index (χ4n) is 2.31. The van der Waals surface area contributed by atoms with Crippen LogP contribution in [0.3, 0.4) is 0 Å². The molecule has 0 heterocycles. The molecule has 0 aliphatic heterocycles. The highest BCUT2D eigenvalue weighted by molar-refractivity contribution is 5.95. The van der Waals surface area contributed by atoms with Gasteiger partial charge in [0.25, 0.3) is 0 Å². The molecule has 2 amide bonds. The number of carbonyl (C=O) groups excluding carboxylic acids is 2. The molecule has 0 aromatic heterocycles. The van der Waals surface area contributed by atoms with E-state index in [-0.39, 0.29) is 24.3 Å². The Morgan fingerprint density at radius 2 is 1.46 bits per heavy atom. The lowest BCUT2D eigenvalue weighted by atomic mass is 10.2. The quantitative estimate of drug-likeness (QED) is 0.527. The van der Waals surface area contributed by atoms with Crippen molar-refractivity contribution < 1.29 is 14.3 Å². The summed E-state index contributed by atoms with van der Waals surface area (Å²) in [7, 11) is 0. The lowest BCUT2D eigenvalue weighted by Gasteiger charge is -2.11. The molecule has 2 aromatic carbocycles. The maximum atomic E-state index is 12.1. The van der Waals surface area contributed by atoms with Crippen LogP contribution in [0.4, 0.5) is 17.1 Å². The predicted octanol–water partition coefficient (Wildman–Crippen LogP) is 4.51. The molecule has 0 spiro atoms. The first kappa shape index (κ1) is 21.3. The molecule has 28 heavy (non-hydrogen) atoms. The number of benzene rings is 2. The van der Waals surface area contributed by atoms with Gasteiger partial charge in [0.1, 0.15) is 5.75 Å². The normalized spacial score (nSPS) is 10.4. The molecule has 0 aliphatic rings. The van der Waals surface area contributed by atoms with Gasteiger partial charge >= 0.3 is 0 Å². The highest BCUT2D eigenvalue weighted by Gasteiger charge is 2.07. The summed E-state index contributed by atoms with van der Waals surface area (Å²) in [5, 5.41) is 8.72. The monoisotopic (exact) mass is 383 g/mol. The molecule has 150 valence electrons. The average molecular weight is 383 g/mol. The molecule has 2 rings (SSSR count). The fraction of sp³-hybridized carbons (Fsp3) is 0.364. The van der Waals surface area contributed by atoms with E-state index in [1.807, 2.05) is 38.1 Å². The van der Waals surface area contributed by atoms with Gasteiger partial charge in [0.2, 0.25) is 11.8 Å². The maximum absolute atomic E-state index is 12.1. The third kappa shape index (κ3) is 7.31. The first-order valence-corrected chi connectivity index (χ1v) is 9.65. The Kier molecular flexibility index (Phi) is 8.34. The molecular formula is C22H29N3O3. The van der Waals surface area contributed by atoms with Gasteiger partial charge in [-0.15, -0.1) is 0 Å². The van der Waals surface area contributed by atoms with E-state index in [9.17, 15) is 9.59 Å². The average Bonchev–Trinajstić information content (AvgIpc) is 2.69. The van der Waals surface area contributed by atoms with E-state index in [1.54, 1.807) is 24.3 Å². The van der Waals surface area contributed by atoms with E-state index in [0.29, 0.717) is 18.0 Å². The summed E-state index contributed by atoms with van der Waals surface area (Å²) >= 11 is 0. The lowest BCUT2D eigenvalue weighted by Crippen LogP contribution is -2.21. The fourth-order valence-corrected chi connectivity index (χ4v) is 2.31. The van der Waals surface area contributed by atoms with E-state index < -0.39 is 0 Å². The van der Waals surface area contributed by atoms with Crippen molar-refractivity contribution in [1.29, 1.82) is 0 Å². The molecule has 0 saturated heterocycles. The Labute approximate surface area is 166 Å². The van der Waals surface area contributed by atoms with Crippen LogP contribution in [-0.2, 0) is 9.59 Å². The predicted molar refractivity (Wildman–Crippen MR) is 114 cm³/mol. The zero-order valence-corrected chi connectivity index (χ0v) is 16.7. The van der Waals surface area contributed by atoms with Gasteiger partial charge in [-0.3, -0.25) is 9.59 Å². The van der Waals surface area contributed by atoms with E-state index >= 15 is 0 Å². The molecule has 2 aromatic rings. The zero-order valence-electron chi connectivity index (χ0n) is 16.7. The summed E-state index contributed by atoms with van der Waals surface area (Å²) in [6.07, 6.45) is 2.13. The van der Waals surface area contributed by atoms with Crippen molar-refractivity contribution in [3.05, 3.63) is 48.5 Å². The SMILES string of the molecule is CCCCOc1ccc(NCC(=O)Nc2ccc(NC(=O)C(C)C)cc2)cc1. The van der Waals surface area contributed by atoms with Crippen molar-refractivity contribution in [3.63, 3.8) is 0 Å². The van der Waals surface area contributed by atoms with Crippen molar-refractivity contribution >= 4 is 28.9 Å². The van der Waals surface area contributed by atoms with Crippen molar-refractivity contribution in [2.24, 2.45) is 5.92 Å². The third-order valence-electron chi connectivity index (χ3n) is 4.03. The highest BCUT2D eigenvalue weighted by atomic mass is 16.5. The number of nitrogens with one attached hydrogen (secondary N) is 3. The largest absolute Gasteiger partial charge is 0.494 e. The minimum atomic E-state index is -0.151. The number of ether oxygens (including phenoxy) is 1. The number of amides is 2. The smallest absolute Gasteiger partial charge is 0.243 e. The Hall–Kier alpha value is -3.02. The van der Waals surface area contributed by atoms with Gasteiger partial charge < -0.3 is 20.7 Å². The van der Waals surface area contributed by atoms with Crippen LogP contribution in [0.15, 0.2) is 48.5 Å². The van der Waals surface area contributed by atoms with E-state index in [0.717, 1.165) is 24.3 Å². The second-order valence-corrected chi connectivity index (χ2v) is 6.85. The van der Waals surface area contributed by atoms with Gasteiger partial charge in [-0.1, -0.05) is 27.2 Å². The van der Waals surface area contributed by atoms with Crippen molar-refractivity contribution in [3.8, 4) is 5.75 Å². The summed E-state index contributed by atoms with van der Waals surface area (Å²) in [5.41, 5.74) is 2.23. The van der Waals surface area contributed by atoms with Crippen LogP contribution < -0.4 is 20.7 Å². The van der Waals surface area contributed by atoms with Crippen LogP contribution in [-0.4, -0.2) is 25.0 Å². The third-order valence-corrected chi connectivity index (χ3v) is 4.03. The van der Waals surface area contributed by atoms with Crippen LogP contribution in [0.25, 0.3) is 0 Å². The van der Waals surface area contributed by atoms with Crippen LogP contribution in [0.5, 0.6) is 5.75 Å². The Bertz CT molecular complexity index is 756. The van der Waals surface area contributed by atoms with Crippen LogP contribution in [0.2, 0.25) is 0 Å². The molecule has 0 saturated carbocycles. The van der Waals surface area contributed by atoms with Gasteiger partial charge in [0.15, 0.2) is 0 Å². The van der Waals surface area contributed by atoms with E-state index in [4.69, 9.17) is 4.74 Å². The molecule has 0 aliphatic carbocycles. The minimum Gasteiger partial charge on any atom is -0.494 e. The van der Waals surface area contributed by atoms with Crippen molar-refractivity contribution in [2.75, 3.05) is 29.1 Å². The van der Waals surface area contributed by atoms with Crippen molar-refractivity contribution in [2.45, 2.75) is 33.6 Å². The molecule has 0 fully saturated rings. The molecule has 3 N–H and O–H groups in total. The first-order chi connectivity index (χ1) is 13.5. The summed E-state index contributed by atoms with van der Waals surface area (Å²) in [5.74, 6) is 0.556. The number of hydrogen-bond acceptors (Lipinski definition) is 4. The molecule has 0 atom stereocenters. The molecule has 0 bridgehead atoms.